The number of carbonyl (C=O) groups is 2. The Morgan fingerprint density at radius 2 is 2.14 bits per heavy atom. The Morgan fingerprint density at radius 1 is 1.36 bits per heavy atom. The van der Waals surface area contributed by atoms with Crippen molar-refractivity contribution in [2.24, 2.45) is 0 Å². The summed E-state index contributed by atoms with van der Waals surface area (Å²) in [5, 5.41) is 0. The first-order chi connectivity index (χ1) is 6.75. The molecule has 1 fully saturated rings. The zero-order chi connectivity index (χ0) is 10.4. The molecule has 4 nitrogen and oxygen atoms in total. The van der Waals surface area contributed by atoms with Crippen LogP contribution in [0, 0.1) is 0 Å². The number of carbonyl (C=O) groups excluding carboxylic acids is 2. The van der Waals surface area contributed by atoms with Crippen LogP contribution < -0.4 is 0 Å². The van der Waals surface area contributed by atoms with Crippen molar-refractivity contribution in [2.45, 2.75) is 26.2 Å². The third-order valence-electron chi connectivity index (χ3n) is 2.28. The van der Waals surface area contributed by atoms with Gasteiger partial charge in [-0.1, -0.05) is 13.3 Å². The van der Waals surface area contributed by atoms with Crippen molar-refractivity contribution in [1.82, 2.24) is 4.90 Å². The van der Waals surface area contributed by atoms with E-state index in [2.05, 4.69) is 6.92 Å². The molecule has 1 amide bonds. The molecule has 0 aromatic heterocycles. The zero-order valence-electron chi connectivity index (χ0n) is 8.62. The molecule has 0 spiro atoms. The first kappa shape index (κ1) is 11.2. The molecule has 0 aliphatic carbocycles. The standard InChI is InChI=1S/C10H17NO3/c1-2-3-7-14-8-6-11-5-4-9(12)10(11)13/h2-8H2,1H3. The van der Waals surface area contributed by atoms with Gasteiger partial charge in [0.2, 0.25) is 5.78 Å². The van der Waals surface area contributed by atoms with Crippen molar-refractivity contribution in [3.63, 3.8) is 0 Å². The number of amides is 1. The molecule has 0 aromatic carbocycles. The van der Waals surface area contributed by atoms with Gasteiger partial charge in [-0.3, -0.25) is 9.59 Å². The highest BCUT2D eigenvalue weighted by molar-refractivity contribution is 6.37. The van der Waals surface area contributed by atoms with E-state index in [0.29, 0.717) is 26.1 Å². The number of rotatable bonds is 6. The van der Waals surface area contributed by atoms with Crippen LogP contribution in [0.4, 0.5) is 0 Å². The highest BCUT2D eigenvalue weighted by atomic mass is 16.5. The number of unbranched alkanes of at least 4 members (excludes halogenated alkanes) is 1. The minimum absolute atomic E-state index is 0.265. The molecule has 1 aliphatic rings. The smallest absolute Gasteiger partial charge is 0.290 e. The molecule has 4 heteroatoms. The molecule has 0 bridgehead atoms. The minimum atomic E-state index is -0.343. The molecule has 1 rings (SSSR count). The second-order valence-electron chi connectivity index (χ2n) is 3.43. The van der Waals surface area contributed by atoms with Gasteiger partial charge in [-0.25, -0.2) is 0 Å². The van der Waals surface area contributed by atoms with Gasteiger partial charge in [0.05, 0.1) is 6.61 Å². The topological polar surface area (TPSA) is 46.6 Å². The van der Waals surface area contributed by atoms with Crippen molar-refractivity contribution >= 4 is 11.7 Å². The summed E-state index contributed by atoms with van der Waals surface area (Å²) in [6, 6.07) is 0. The van der Waals surface area contributed by atoms with Crippen LogP contribution in [-0.2, 0) is 14.3 Å². The summed E-state index contributed by atoms with van der Waals surface area (Å²) in [5.74, 6) is -0.609. The summed E-state index contributed by atoms with van der Waals surface area (Å²) in [7, 11) is 0. The number of ketones is 1. The van der Waals surface area contributed by atoms with Gasteiger partial charge in [0.15, 0.2) is 0 Å². The highest BCUT2D eigenvalue weighted by Crippen LogP contribution is 2.05. The number of nitrogens with zero attached hydrogens (tertiary/aromatic N) is 1. The fraction of sp³-hybridized carbons (Fsp3) is 0.800. The average Bonchev–Trinajstić information content (AvgIpc) is 2.49. The molecule has 0 unspecified atom stereocenters. The van der Waals surface area contributed by atoms with E-state index >= 15 is 0 Å². The fourth-order valence-electron chi connectivity index (χ4n) is 1.36. The van der Waals surface area contributed by atoms with Crippen molar-refractivity contribution in [3.8, 4) is 0 Å². The van der Waals surface area contributed by atoms with E-state index in [4.69, 9.17) is 4.74 Å². The lowest BCUT2D eigenvalue weighted by molar-refractivity contribution is -0.140. The molecule has 0 saturated carbocycles. The number of hydrogen-bond donors (Lipinski definition) is 0. The van der Waals surface area contributed by atoms with Crippen LogP contribution in [0.2, 0.25) is 0 Å². The maximum atomic E-state index is 11.1. The third kappa shape index (κ3) is 3.10. The van der Waals surface area contributed by atoms with Crippen molar-refractivity contribution < 1.29 is 14.3 Å². The maximum Gasteiger partial charge on any atom is 0.290 e. The average molecular weight is 199 g/mol. The fourth-order valence-corrected chi connectivity index (χ4v) is 1.36. The van der Waals surface area contributed by atoms with Crippen LogP contribution in [0.15, 0.2) is 0 Å². The first-order valence-corrected chi connectivity index (χ1v) is 5.15. The molecule has 1 heterocycles. The largest absolute Gasteiger partial charge is 0.380 e. The van der Waals surface area contributed by atoms with Crippen LogP contribution in [-0.4, -0.2) is 42.9 Å². The van der Waals surface area contributed by atoms with Gasteiger partial charge in [-0.2, -0.15) is 0 Å². The molecule has 0 atom stereocenters. The second-order valence-corrected chi connectivity index (χ2v) is 3.43. The van der Waals surface area contributed by atoms with E-state index < -0.39 is 0 Å². The molecule has 1 saturated heterocycles. The molecule has 0 radical (unpaired) electrons. The van der Waals surface area contributed by atoms with Gasteiger partial charge in [-0.15, -0.1) is 0 Å². The van der Waals surface area contributed by atoms with Crippen LogP contribution in [0.3, 0.4) is 0 Å². The number of likely N-dealkylation sites (tertiary alicyclic amines) is 1. The number of hydrogen-bond acceptors (Lipinski definition) is 3. The Labute approximate surface area is 84.2 Å². The highest BCUT2D eigenvalue weighted by Gasteiger charge is 2.28. The Balaban J connectivity index is 2.07. The summed E-state index contributed by atoms with van der Waals surface area (Å²) >= 11 is 0. The first-order valence-electron chi connectivity index (χ1n) is 5.15. The van der Waals surface area contributed by atoms with E-state index in [-0.39, 0.29) is 11.7 Å². The van der Waals surface area contributed by atoms with Crippen molar-refractivity contribution in [1.29, 1.82) is 0 Å². The van der Waals surface area contributed by atoms with Crippen LogP contribution in [0.25, 0.3) is 0 Å². The van der Waals surface area contributed by atoms with Crippen molar-refractivity contribution in [3.05, 3.63) is 0 Å². The monoisotopic (exact) mass is 199 g/mol. The number of ether oxygens (including phenoxy) is 1. The number of Topliss-reactive ketones (excluding diaryl/α,β-unsaturated/α-hetero) is 1. The summed E-state index contributed by atoms with van der Waals surface area (Å²) < 4.78 is 5.31. The van der Waals surface area contributed by atoms with Gasteiger partial charge >= 0.3 is 0 Å². The van der Waals surface area contributed by atoms with Gasteiger partial charge in [-0.05, 0) is 6.42 Å². The van der Waals surface area contributed by atoms with E-state index in [9.17, 15) is 9.59 Å². The Morgan fingerprint density at radius 3 is 2.71 bits per heavy atom. The summed E-state index contributed by atoms with van der Waals surface area (Å²) in [5.41, 5.74) is 0. The minimum Gasteiger partial charge on any atom is -0.380 e. The lowest BCUT2D eigenvalue weighted by Gasteiger charge is -2.13. The normalized spacial score (nSPS) is 16.8. The quantitative estimate of drug-likeness (QED) is 0.465. The van der Waals surface area contributed by atoms with E-state index in [1.165, 1.54) is 0 Å². The Hall–Kier alpha value is -0.900. The second kappa shape index (κ2) is 5.75. The molecular formula is C10H17NO3. The van der Waals surface area contributed by atoms with Crippen LogP contribution in [0.5, 0.6) is 0 Å². The van der Waals surface area contributed by atoms with Crippen LogP contribution in [0.1, 0.15) is 26.2 Å². The third-order valence-corrected chi connectivity index (χ3v) is 2.28. The van der Waals surface area contributed by atoms with Gasteiger partial charge in [0, 0.05) is 26.1 Å². The summed E-state index contributed by atoms with van der Waals surface area (Å²) in [6.45, 7) is 4.50. The molecular weight excluding hydrogens is 182 g/mol. The van der Waals surface area contributed by atoms with E-state index in [0.717, 1.165) is 19.4 Å². The predicted molar refractivity (Wildman–Crippen MR) is 51.9 cm³/mol. The van der Waals surface area contributed by atoms with Gasteiger partial charge in [0.25, 0.3) is 5.91 Å². The predicted octanol–water partition coefficient (Wildman–Crippen LogP) is 0.605. The lowest BCUT2D eigenvalue weighted by Crippen LogP contribution is -2.30. The Bertz CT molecular complexity index is 215. The van der Waals surface area contributed by atoms with Crippen LogP contribution >= 0.6 is 0 Å². The maximum absolute atomic E-state index is 11.1. The molecule has 0 aromatic rings. The van der Waals surface area contributed by atoms with E-state index in [1.54, 1.807) is 4.90 Å². The van der Waals surface area contributed by atoms with Gasteiger partial charge in [0.1, 0.15) is 0 Å². The van der Waals surface area contributed by atoms with Crippen molar-refractivity contribution in [2.75, 3.05) is 26.3 Å². The molecule has 0 N–H and O–H groups in total. The molecule has 1 aliphatic heterocycles. The Kier molecular flexibility index (Phi) is 4.59. The lowest BCUT2D eigenvalue weighted by atomic mass is 10.3. The molecule has 80 valence electrons. The summed E-state index contributed by atoms with van der Waals surface area (Å²) in [4.78, 5) is 23.6. The summed E-state index contributed by atoms with van der Waals surface area (Å²) in [6.07, 6.45) is 2.53. The zero-order valence-corrected chi connectivity index (χ0v) is 8.62. The van der Waals surface area contributed by atoms with E-state index in [1.807, 2.05) is 0 Å². The molecule has 14 heavy (non-hydrogen) atoms. The van der Waals surface area contributed by atoms with Gasteiger partial charge < -0.3 is 9.64 Å². The SMILES string of the molecule is CCCCOCCN1CCC(=O)C1=O.